The molecule has 0 aliphatic heterocycles. The number of rotatable bonds is 6. The predicted octanol–water partition coefficient (Wildman–Crippen LogP) is 3.51. The van der Waals surface area contributed by atoms with E-state index in [4.69, 9.17) is 4.98 Å². The predicted molar refractivity (Wildman–Crippen MR) is 113 cm³/mol. The Morgan fingerprint density at radius 2 is 2.10 bits per heavy atom. The first-order valence-corrected chi connectivity index (χ1v) is 10.6. The smallest absolute Gasteiger partial charge is 0.137 e. The van der Waals surface area contributed by atoms with Gasteiger partial charge in [0.25, 0.3) is 0 Å². The number of hydrogen-bond donors (Lipinski definition) is 3. The van der Waals surface area contributed by atoms with E-state index in [0.717, 1.165) is 60.5 Å². The van der Waals surface area contributed by atoms with E-state index >= 15 is 0 Å². The average Bonchev–Trinajstić information content (AvgIpc) is 3.15. The van der Waals surface area contributed by atoms with Gasteiger partial charge in [-0.2, -0.15) is 0 Å². The highest BCUT2D eigenvalue weighted by molar-refractivity contribution is 5.63. The van der Waals surface area contributed by atoms with Crippen LogP contribution in [-0.2, 0) is 12.0 Å². The topological polar surface area (TPSA) is 82.7 Å². The summed E-state index contributed by atoms with van der Waals surface area (Å²) in [6, 6.07) is 8.27. The van der Waals surface area contributed by atoms with Crippen LogP contribution in [-0.4, -0.2) is 37.2 Å². The van der Waals surface area contributed by atoms with Crippen LogP contribution in [0.1, 0.15) is 50.2 Å². The zero-order valence-electron chi connectivity index (χ0n) is 16.8. The zero-order valence-corrected chi connectivity index (χ0v) is 16.8. The second-order valence-electron chi connectivity index (χ2n) is 8.84. The highest BCUT2D eigenvalue weighted by atomic mass is 16.3. The van der Waals surface area contributed by atoms with Crippen molar-refractivity contribution >= 4 is 11.5 Å². The maximum Gasteiger partial charge on any atom is 0.137 e. The fourth-order valence-electron chi connectivity index (χ4n) is 4.68. The number of nitrogens with one attached hydrogen (secondary N) is 1. The number of anilines is 1. The minimum atomic E-state index is 0.0364. The number of pyridine rings is 2. The van der Waals surface area contributed by atoms with Crippen LogP contribution in [0.3, 0.4) is 0 Å². The molecule has 0 bridgehead atoms. The Hall–Kier alpha value is -2.44. The van der Waals surface area contributed by atoms with Gasteiger partial charge in [0, 0.05) is 24.8 Å². The highest BCUT2D eigenvalue weighted by Crippen LogP contribution is 2.49. The number of hydrogen-bond acceptors (Lipinski definition) is 5. The lowest BCUT2D eigenvalue weighted by Crippen LogP contribution is -2.26. The summed E-state index contributed by atoms with van der Waals surface area (Å²) in [7, 11) is 0. The first-order valence-electron chi connectivity index (χ1n) is 10.6. The molecule has 0 saturated heterocycles. The van der Waals surface area contributed by atoms with E-state index in [0.29, 0.717) is 5.92 Å². The molecule has 2 aliphatic rings. The third-order valence-electron chi connectivity index (χ3n) is 6.79. The van der Waals surface area contributed by atoms with Gasteiger partial charge in [-0.15, -0.1) is 0 Å². The van der Waals surface area contributed by atoms with Gasteiger partial charge in [0.2, 0.25) is 0 Å². The van der Waals surface area contributed by atoms with E-state index in [9.17, 15) is 10.2 Å². The van der Waals surface area contributed by atoms with Gasteiger partial charge in [0.05, 0.1) is 24.2 Å². The van der Waals surface area contributed by atoms with Crippen molar-refractivity contribution in [2.24, 2.45) is 5.92 Å². The van der Waals surface area contributed by atoms with E-state index in [1.165, 1.54) is 5.56 Å². The molecule has 6 heteroatoms. The molecular formula is C23H28N4O2. The minimum Gasteiger partial charge on any atom is -0.396 e. The van der Waals surface area contributed by atoms with Gasteiger partial charge in [0.1, 0.15) is 11.5 Å². The van der Waals surface area contributed by atoms with Crippen LogP contribution in [0.25, 0.3) is 17.0 Å². The molecule has 3 aromatic heterocycles. The van der Waals surface area contributed by atoms with Gasteiger partial charge in [-0.3, -0.25) is 4.40 Å². The van der Waals surface area contributed by atoms with Crippen molar-refractivity contribution in [2.45, 2.75) is 57.1 Å². The van der Waals surface area contributed by atoms with Gasteiger partial charge < -0.3 is 15.5 Å². The van der Waals surface area contributed by atoms with Gasteiger partial charge in [-0.25, -0.2) is 9.97 Å². The number of fused-ring (bicyclic) bond motifs is 1. The van der Waals surface area contributed by atoms with Crippen LogP contribution in [0, 0.1) is 5.92 Å². The fourth-order valence-corrected chi connectivity index (χ4v) is 4.68. The van der Waals surface area contributed by atoms with Gasteiger partial charge in [-0.1, -0.05) is 19.4 Å². The Kier molecular flexibility index (Phi) is 4.56. The third kappa shape index (κ3) is 3.30. The number of nitrogens with zero attached hydrogens (tertiary/aromatic N) is 3. The Labute approximate surface area is 170 Å². The summed E-state index contributed by atoms with van der Waals surface area (Å²) in [5, 5.41) is 22.9. The summed E-state index contributed by atoms with van der Waals surface area (Å²) in [6.45, 7) is 2.51. The Morgan fingerprint density at radius 3 is 2.86 bits per heavy atom. The van der Waals surface area contributed by atoms with E-state index in [1.54, 1.807) is 0 Å². The van der Waals surface area contributed by atoms with Crippen molar-refractivity contribution in [3.63, 3.8) is 0 Å². The maximum atomic E-state index is 9.83. The molecule has 0 spiro atoms. The largest absolute Gasteiger partial charge is 0.396 e. The molecule has 152 valence electrons. The van der Waals surface area contributed by atoms with Crippen LogP contribution >= 0.6 is 0 Å². The molecule has 2 saturated carbocycles. The van der Waals surface area contributed by atoms with Crippen molar-refractivity contribution in [1.29, 1.82) is 0 Å². The van der Waals surface area contributed by atoms with E-state index < -0.39 is 0 Å². The first kappa shape index (κ1) is 18.6. The monoisotopic (exact) mass is 392 g/mol. The van der Waals surface area contributed by atoms with Gasteiger partial charge in [-0.05, 0) is 60.4 Å². The Balaban J connectivity index is 1.51. The highest BCUT2D eigenvalue weighted by Gasteiger charge is 2.41. The second kappa shape index (κ2) is 7.11. The average molecular weight is 393 g/mol. The fraction of sp³-hybridized carbons (Fsp3) is 0.478. The minimum absolute atomic E-state index is 0.0364. The summed E-state index contributed by atoms with van der Waals surface area (Å²) in [6.07, 6.45) is 9.57. The summed E-state index contributed by atoms with van der Waals surface area (Å²) >= 11 is 0. The molecular weight excluding hydrogens is 364 g/mol. The molecule has 0 unspecified atom stereocenters. The second-order valence-corrected chi connectivity index (χ2v) is 8.84. The van der Waals surface area contributed by atoms with Crippen molar-refractivity contribution in [3.8, 4) is 11.4 Å². The number of aliphatic hydroxyl groups is 2. The summed E-state index contributed by atoms with van der Waals surface area (Å²) in [5.41, 5.74) is 4.97. The molecule has 3 N–H and O–H groups in total. The van der Waals surface area contributed by atoms with Crippen LogP contribution in [0.2, 0.25) is 0 Å². The molecule has 6 nitrogen and oxygen atoms in total. The molecule has 3 aromatic rings. The van der Waals surface area contributed by atoms with Crippen molar-refractivity contribution in [2.75, 3.05) is 11.9 Å². The summed E-state index contributed by atoms with van der Waals surface area (Å²) in [4.78, 5) is 9.41. The quantitative estimate of drug-likeness (QED) is 0.598. The lowest BCUT2D eigenvalue weighted by atomic mass is 9.95. The standard InChI is InChI=1S/C23H28N4O2/c1-23(8-9-23)17-12-27-20(11-24-22(27)10-16(17)14-29)19-6-3-7-21(26-19)25-18-5-2-4-15(18)13-28/h3,6-7,10-12,15,18,28-29H,2,4-5,8-9,13-14H2,1H3,(H,25,26)/t15-,18+/m1/s1. The molecule has 3 heterocycles. The lowest BCUT2D eigenvalue weighted by Gasteiger charge is -2.20. The SMILES string of the molecule is CC1(c2cn3c(-c4cccc(N[C@H]5CCC[C@@H]5CO)n4)cnc3cc2CO)CC1. The van der Waals surface area contributed by atoms with Crippen LogP contribution in [0.5, 0.6) is 0 Å². The molecule has 29 heavy (non-hydrogen) atoms. The molecule has 0 aromatic carbocycles. The third-order valence-corrected chi connectivity index (χ3v) is 6.79. The lowest BCUT2D eigenvalue weighted by molar-refractivity contribution is 0.222. The molecule has 2 aliphatic carbocycles. The van der Waals surface area contributed by atoms with E-state index in [-0.39, 0.29) is 24.7 Å². The summed E-state index contributed by atoms with van der Waals surface area (Å²) in [5.74, 6) is 1.14. The molecule has 5 rings (SSSR count). The Bertz CT molecular complexity index is 1040. The van der Waals surface area contributed by atoms with E-state index in [1.807, 2.05) is 30.5 Å². The van der Waals surface area contributed by atoms with Crippen molar-refractivity contribution < 1.29 is 10.2 Å². The molecule has 2 atom stereocenters. The first-order chi connectivity index (χ1) is 14.1. The van der Waals surface area contributed by atoms with Gasteiger partial charge in [0.15, 0.2) is 0 Å². The number of aromatic nitrogens is 3. The van der Waals surface area contributed by atoms with Crippen molar-refractivity contribution in [1.82, 2.24) is 14.4 Å². The molecule has 0 amide bonds. The van der Waals surface area contributed by atoms with Crippen LogP contribution in [0.15, 0.2) is 36.7 Å². The summed E-state index contributed by atoms with van der Waals surface area (Å²) < 4.78 is 2.09. The zero-order chi connectivity index (χ0) is 20.0. The normalized spacial score (nSPS) is 22.9. The van der Waals surface area contributed by atoms with E-state index in [2.05, 4.69) is 27.8 Å². The van der Waals surface area contributed by atoms with Crippen molar-refractivity contribution in [3.05, 3.63) is 47.8 Å². The molecule has 2 fully saturated rings. The molecule has 0 radical (unpaired) electrons. The maximum absolute atomic E-state index is 9.83. The number of aliphatic hydroxyl groups excluding tert-OH is 2. The Morgan fingerprint density at radius 1 is 1.24 bits per heavy atom. The van der Waals surface area contributed by atoms with Crippen LogP contribution < -0.4 is 5.32 Å². The van der Waals surface area contributed by atoms with Crippen LogP contribution in [0.4, 0.5) is 5.82 Å². The number of imidazole rings is 1. The van der Waals surface area contributed by atoms with Gasteiger partial charge >= 0.3 is 0 Å².